The number of aryl methyl sites for hydroxylation is 1. The van der Waals surface area contributed by atoms with Gasteiger partial charge in [-0.05, 0) is 24.1 Å². The van der Waals surface area contributed by atoms with Gasteiger partial charge in [0.25, 0.3) is 0 Å². The first kappa shape index (κ1) is 11.9. The lowest BCUT2D eigenvalue weighted by Crippen LogP contribution is -2.33. The summed E-state index contributed by atoms with van der Waals surface area (Å²) in [6, 6.07) is 5.07. The average molecular weight is 223 g/mol. The van der Waals surface area contributed by atoms with Crippen molar-refractivity contribution in [2.45, 2.75) is 25.4 Å². The molecule has 5 heteroatoms. The minimum Gasteiger partial charge on any atom is -0.191 e. The molecule has 0 aromatic heterocycles. The van der Waals surface area contributed by atoms with E-state index in [1.54, 1.807) is 6.92 Å². The fraction of sp³-hybridized carbons (Fsp3) is 0.400. The van der Waals surface area contributed by atoms with Crippen molar-refractivity contribution in [2.75, 3.05) is 0 Å². The maximum Gasteiger partial charge on any atom is 0.458 e. The number of alkyl halides is 5. The van der Waals surface area contributed by atoms with E-state index in [1.807, 2.05) is 0 Å². The van der Waals surface area contributed by atoms with E-state index in [2.05, 4.69) is 6.07 Å². The summed E-state index contributed by atoms with van der Waals surface area (Å²) in [5.74, 6) is -4.81. The normalized spacial score (nSPS) is 12.9. The van der Waals surface area contributed by atoms with E-state index >= 15 is 0 Å². The molecule has 0 fully saturated rings. The molecule has 0 spiro atoms. The SMILES string of the molecule is CCc1[c]cc(C(F)(F)C(F)(F)F)cc1. The predicted molar refractivity (Wildman–Crippen MR) is 44.6 cm³/mol. The van der Waals surface area contributed by atoms with Crippen LogP contribution in [-0.2, 0) is 12.3 Å². The van der Waals surface area contributed by atoms with Gasteiger partial charge in [0, 0.05) is 5.56 Å². The lowest BCUT2D eigenvalue weighted by atomic mass is 10.0. The van der Waals surface area contributed by atoms with E-state index in [9.17, 15) is 22.0 Å². The van der Waals surface area contributed by atoms with Gasteiger partial charge in [-0.3, -0.25) is 0 Å². The van der Waals surface area contributed by atoms with Gasteiger partial charge >= 0.3 is 12.1 Å². The van der Waals surface area contributed by atoms with Crippen LogP contribution in [0.3, 0.4) is 0 Å². The molecule has 0 saturated heterocycles. The van der Waals surface area contributed by atoms with Crippen molar-refractivity contribution in [3.63, 3.8) is 0 Å². The highest BCUT2D eigenvalue weighted by Crippen LogP contribution is 2.43. The molecule has 0 heterocycles. The highest BCUT2D eigenvalue weighted by molar-refractivity contribution is 5.25. The third kappa shape index (κ3) is 2.27. The average Bonchev–Trinajstić information content (AvgIpc) is 2.16. The van der Waals surface area contributed by atoms with Gasteiger partial charge in [-0.15, -0.1) is 0 Å². The molecule has 0 aliphatic heterocycles. The van der Waals surface area contributed by atoms with Gasteiger partial charge in [-0.25, -0.2) is 0 Å². The Labute approximate surface area is 83.7 Å². The Kier molecular flexibility index (Phi) is 3.02. The summed E-state index contributed by atoms with van der Waals surface area (Å²) >= 11 is 0. The largest absolute Gasteiger partial charge is 0.458 e. The molecule has 1 radical (unpaired) electrons. The second-order valence-electron chi connectivity index (χ2n) is 3.03. The van der Waals surface area contributed by atoms with Gasteiger partial charge < -0.3 is 0 Å². The third-order valence-electron chi connectivity index (χ3n) is 1.98. The first-order chi connectivity index (χ1) is 6.79. The Bertz CT molecular complexity index is 323. The van der Waals surface area contributed by atoms with Gasteiger partial charge in [0.05, 0.1) is 0 Å². The molecule has 0 amide bonds. The third-order valence-corrected chi connectivity index (χ3v) is 1.98. The van der Waals surface area contributed by atoms with Crippen LogP contribution in [0.4, 0.5) is 22.0 Å². The number of hydrogen-bond acceptors (Lipinski definition) is 0. The molecular weight excluding hydrogens is 215 g/mol. The van der Waals surface area contributed by atoms with Crippen molar-refractivity contribution in [2.24, 2.45) is 0 Å². The van der Waals surface area contributed by atoms with E-state index in [-0.39, 0.29) is 0 Å². The Balaban J connectivity index is 3.06. The summed E-state index contributed by atoms with van der Waals surface area (Å²) in [4.78, 5) is 0. The van der Waals surface area contributed by atoms with Crippen molar-refractivity contribution in [1.29, 1.82) is 0 Å². The zero-order valence-electron chi connectivity index (χ0n) is 7.83. The van der Waals surface area contributed by atoms with E-state index in [0.717, 1.165) is 6.07 Å². The zero-order chi connectivity index (χ0) is 11.7. The van der Waals surface area contributed by atoms with Crippen LogP contribution < -0.4 is 0 Å². The quantitative estimate of drug-likeness (QED) is 0.670. The summed E-state index contributed by atoms with van der Waals surface area (Å²) in [5.41, 5.74) is -0.482. The molecule has 0 aliphatic rings. The number of rotatable bonds is 2. The lowest BCUT2D eigenvalue weighted by molar-refractivity contribution is -0.289. The first-order valence-corrected chi connectivity index (χ1v) is 4.24. The molecule has 0 aliphatic carbocycles. The molecule has 0 saturated carbocycles. The molecule has 0 unspecified atom stereocenters. The fourth-order valence-corrected chi connectivity index (χ4v) is 1.04. The summed E-state index contributed by atoms with van der Waals surface area (Å²) in [5, 5.41) is 0. The highest BCUT2D eigenvalue weighted by Gasteiger charge is 2.58. The highest BCUT2D eigenvalue weighted by atomic mass is 19.4. The molecule has 1 aromatic rings. The molecular formula is C10H8F5. The van der Waals surface area contributed by atoms with Crippen LogP contribution in [0, 0.1) is 6.07 Å². The summed E-state index contributed by atoms with van der Waals surface area (Å²) in [7, 11) is 0. The summed E-state index contributed by atoms with van der Waals surface area (Å²) in [6.45, 7) is 1.76. The minimum atomic E-state index is -5.56. The first-order valence-electron chi connectivity index (χ1n) is 4.24. The van der Waals surface area contributed by atoms with E-state index in [0.29, 0.717) is 18.1 Å². The van der Waals surface area contributed by atoms with Gasteiger partial charge in [-0.2, -0.15) is 22.0 Å². The van der Waals surface area contributed by atoms with Gasteiger partial charge in [-0.1, -0.05) is 19.1 Å². The van der Waals surface area contributed by atoms with Crippen LogP contribution in [0.1, 0.15) is 18.1 Å². The van der Waals surface area contributed by atoms with Crippen molar-refractivity contribution in [3.8, 4) is 0 Å². The number of halogens is 5. The van der Waals surface area contributed by atoms with Crippen molar-refractivity contribution in [1.82, 2.24) is 0 Å². The molecule has 0 atom stereocenters. The maximum atomic E-state index is 12.8. The van der Waals surface area contributed by atoms with Crippen LogP contribution in [0.2, 0.25) is 0 Å². The van der Waals surface area contributed by atoms with Crippen LogP contribution >= 0.6 is 0 Å². The molecule has 15 heavy (non-hydrogen) atoms. The van der Waals surface area contributed by atoms with Crippen molar-refractivity contribution >= 4 is 0 Å². The van der Waals surface area contributed by atoms with Crippen LogP contribution in [0.25, 0.3) is 0 Å². The molecule has 1 rings (SSSR count). The Hall–Kier alpha value is -1.13. The second-order valence-corrected chi connectivity index (χ2v) is 3.03. The topological polar surface area (TPSA) is 0 Å². The second kappa shape index (κ2) is 3.79. The molecule has 0 N–H and O–H groups in total. The zero-order valence-corrected chi connectivity index (χ0v) is 7.83. The van der Waals surface area contributed by atoms with Crippen LogP contribution in [0.15, 0.2) is 18.2 Å². The maximum absolute atomic E-state index is 12.8. The smallest absolute Gasteiger partial charge is 0.191 e. The fourth-order valence-electron chi connectivity index (χ4n) is 1.04. The molecule has 0 nitrogen and oxygen atoms in total. The molecule has 1 aromatic carbocycles. The van der Waals surface area contributed by atoms with Crippen molar-refractivity contribution in [3.05, 3.63) is 35.4 Å². The predicted octanol–water partition coefficient (Wildman–Crippen LogP) is 3.70. The number of hydrogen-bond donors (Lipinski definition) is 0. The van der Waals surface area contributed by atoms with Crippen LogP contribution in [0.5, 0.6) is 0 Å². The Morgan fingerprint density at radius 1 is 1.13 bits per heavy atom. The lowest BCUT2D eigenvalue weighted by Gasteiger charge is -2.19. The minimum absolute atomic E-state index is 0.540. The van der Waals surface area contributed by atoms with E-state index < -0.39 is 17.7 Å². The van der Waals surface area contributed by atoms with Gasteiger partial charge in [0.1, 0.15) is 0 Å². The monoisotopic (exact) mass is 223 g/mol. The Morgan fingerprint density at radius 2 is 1.73 bits per heavy atom. The molecule has 0 bridgehead atoms. The summed E-state index contributed by atoms with van der Waals surface area (Å²) < 4.78 is 61.3. The summed E-state index contributed by atoms with van der Waals surface area (Å²) in [6.07, 6.45) is -5.02. The molecule has 83 valence electrons. The van der Waals surface area contributed by atoms with Gasteiger partial charge in [0.15, 0.2) is 0 Å². The standard InChI is InChI=1S/C10H8F5/c1-2-7-3-5-8(6-4-7)9(11,12)10(13,14)15/h3,5-6H,2H2,1H3. The van der Waals surface area contributed by atoms with Gasteiger partial charge in [0.2, 0.25) is 0 Å². The van der Waals surface area contributed by atoms with E-state index in [1.165, 1.54) is 6.07 Å². The van der Waals surface area contributed by atoms with E-state index in [4.69, 9.17) is 0 Å². The van der Waals surface area contributed by atoms with Crippen LogP contribution in [-0.4, -0.2) is 6.18 Å². The Morgan fingerprint density at radius 3 is 2.07 bits per heavy atom. The number of benzene rings is 1. The van der Waals surface area contributed by atoms with Crippen molar-refractivity contribution < 1.29 is 22.0 Å².